The lowest BCUT2D eigenvalue weighted by Gasteiger charge is -2.16. The van der Waals surface area contributed by atoms with Crippen LogP contribution in [0.15, 0.2) is 41.3 Å². The van der Waals surface area contributed by atoms with Crippen LogP contribution in [0, 0.1) is 0 Å². The second-order valence-corrected chi connectivity index (χ2v) is 6.70. The Morgan fingerprint density at radius 2 is 2.08 bits per heavy atom. The fourth-order valence-corrected chi connectivity index (χ4v) is 2.97. The van der Waals surface area contributed by atoms with Crippen molar-refractivity contribution >= 4 is 5.91 Å². The highest BCUT2D eigenvalue weighted by molar-refractivity contribution is 5.93. The molecule has 1 aromatic heterocycles. The second-order valence-electron chi connectivity index (χ2n) is 6.70. The molecule has 24 heavy (non-hydrogen) atoms. The molecule has 126 valence electrons. The predicted molar refractivity (Wildman–Crippen MR) is 92.4 cm³/mol. The molecule has 5 nitrogen and oxygen atoms in total. The molecule has 0 saturated carbocycles. The molecular weight excluding hydrogens is 304 g/mol. The minimum absolute atomic E-state index is 0.165. The van der Waals surface area contributed by atoms with E-state index in [1.165, 1.54) is 6.07 Å². The van der Waals surface area contributed by atoms with Gasteiger partial charge in [0, 0.05) is 37.3 Å². The van der Waals surface area contributed by atoms with Crippen molar-refractivity contribution in [2.75, 3.05) is 0 Å². The summed E-state index contributed by atoms with van der Waals surface area (Å²) in [5.41, 5.74) is 2.23. The highest BCUT2D eigenvalue weighted by Crippen LogP contribution is 2.35. The molecule has 1 aliphatic rings. The van der Waals surface area contributed by atoms with Crippen molar-refractivity contribution in [2.24, 2.45) is 0 Å². The van der Waals surface area contributed by atoms with Gasteiger partial charge in [0.1, 0.15) is 11.4 Å². The highest BCUT2D eigenvalue weighted by atomic mass is 16.5. The maximum absolute atomic E-state index is 12.2. The minimum atomic E-state index is -0.243. The van der Waals surface area contributed by atoms with Crippen molar-refractivity contribution in [1.29, 1.82) is 0 Å². The summed E-state index contributed by atoms with van der Waals surface area (Å²) in [5.74, 6) is 0.672. The number of amides is 1. The van der Waals surface area contributed by atoms with E-state index in [4.69, 9.17) is 4.74 Å². The molecule has 0 aliphatic carbocycles. The molecule has 1 aliphatic heterocycles. The van der Waals surface area contributed by atoms with E-state index in [0.717, 1.165) is 23.3 Å². The Hall–Kier alpha value is -2.56. The number of nitrogens with zero attached hydrogens (tertiary/aromatic N) is 1. The molecule has 0 radical (unpaired) electrons. The summed E-state index contributed by atoms with van der Waals surface area (Å²) in [6.45, 7) is 7.03. The first kappa shape index (κ1) is 16.3. The SMILES string of the molecule is CCn1ccc(C(=O)NCc2ccc3c(c2)CC(C)(C)O3)cc1=O. The number of ether oxygens (including phenoxy) is 1. The number of fused-ring (bicyclic) bond motifs is 1. The predicted octanol–water partition coefficient (Wildman–Crippen LogP) is 2.51. The minimum Gasteiger partial charge on any atom is -0.487 e. The van der Waals surface area contributed by atoms with Crippen molar-refractivity contribution in [1.82, 2.24) is 9.88 Å². The van der Waals surface area contributed by atoms with Gasteiger partial charge in [-0.1, -0.05) is 12.1 Å². The van der Waals surface area contributed by atoms with E-state index in [2.05, 4.69) is 25.2 Å². The van der Waals surface area contributed by atoms with E-state index < -0.39 is 0 Å². The molecule has 5 heteroatoms. The van der Waals surface area contributed by atoms with Crippen LogP contribution in [0.5, 0.6) is 5.75 Å². The van der Waals surface area contributed by atoms with Gasteiger partial charge in [-0.2, -0.15) is 0 Å². The first-order valence-electron chi connectivity index (χ1n) is 8.17. The van der Waals surface area contributed by atoms with Crippen LogP contribution >= 0.6 is 0 Å². The summed E-state index contributed by atoms with van der Waals surface area (Å²) in [7, 11) is 0. The van der Waals surface area contributed by atoms with E-state index in [0.29, 0.717) is 18.7 Å². The molecule has 1 amide bonds. The van der Waals surface area contributed by atoms with Crippen LogP contribution in [0.4, 0.5) is 0 Å². The zero-order chi connectivity index (χ0) is 17.3. The van der Waals surface area contributed by atoms with E-state index in [9.17, 15) is 9.59 Å². The lowest BCUT2D eigenvalue weighted by atomic mass is 10.0. The van der Waals surface area contributed by atoms with Crippen molar-refractivity contribution in [2.45, 2.75) is 45.9 Å². The molecule has 0 saturated heterocycles. The molecular formula is C19H22N2O3. The molecule has 0 unspecified atom stereocenters. The number of nitrogens with one attached hydrogen (secondary N) is 1. The topological polar surface area (TPSA) is 60.3 Å². The van der Waals surface area contributed by atoms with Gasteiger partial charge in [0.15, 0.2) is 0 Å². The molecule has 0 fully saturated rings. The van der Waals surface area contributed by atoms with Gasteiger partial charge in [-0.15, -0.1) is 0 Å². The largest absolute Gasteiger partial charge is 0.487 e. The number of benzene rings is 1. The van der Waals surface area contributed by atoms with Gasteiger partial charge in [-0.3, -0.25) is 9.59 Å². The van der Waals surface area contributed by atoms with Crippen LogP contribution < -0.4 is 15.6 Å². The van der Waals surface area contributed by atoms with E-state index >= 15 is 0 Å². The van der Waals surface area contributed by atoms with Crippen LogP contribution in [0.1, 0.15) is 42.3 Å². The Kier molecular flexibility index (Phi) is 4.18. The van der Waals surface area contributed by atoms with Gasteiger partial charge in [-0.05, 0) is 44.0 Å². The van der Waals surface area contributed by atoms with Crippen molar-refractivity contribution in [3.05, 3.63) is 63.6 Å². The first-order chi connectivity index (χ1) is 11.4. The van der Waals surface area contributed by atoms with Crippen LogP contribution in [0.3, 0.4) is 0 Å². The number of hydrogen-bond donors (Lipinski definition) is 1. The fourth-order valence-electron chi connectivity index (χ4n) is 2.97. The Labute approximate surface area is 141 Å². The van der Waals surface area contributed by atoms with Crippen molar-refractivity contribution in [3.8, 4) is 5.75 Å². The number of pyridine rings is 1. The molecule has 1 N–H and O–H groups in total. The third kappa shape index (κ3) is 3.35. The van der Waals surface area contributed by atoms with Gasteiger partial charge < -0.3 is 14.6 Å². The second kappa shape index (κ2) is 6.15. The normalized spacial score (nSPS) is 14.8. The fraction of sp³-hybridized carbons (Fsp3) is 0.368. The number of rotatable bonds is 4. The van der Waals surface area contributed by atoms with Crippen LogP contribution in [0.2, 0.25) is 0 Å². The molecule has 0 atom stereocenters. The Bertz CT molecular complexity index is 837. The smallest absolute Gasteiger partial charge is 0.251 e. The Morgan fingerprint density at radius 3 is 2.79 bits per heavy atom. The maximum Gasteiger partial charge on any atom is 0.251 e. The number of hydrogen-bond acceptors (Lipinski definition) is 3. The molecule has 0 bridgehead atoms. The van der Waals surface area contributed by atoms with Gasteiger partial charge in [-0.25, -0.2) is 0 Å². The number of carbonyl (C=O) groups is 1. The quantitative estimate of drug-likeness (QED) is 0.939. The lowest BCUT2D eigenvalue weighted by molar-refractivity contribution is 0.0950. The Balaban J connectivity index is 1.67. The molecule has 0 spiro atoms. The highest BCUT2D eigenvalue weighted by Gasteiger charge is 2.29. The van der Waals surface area contributed by atoms with E-state index in [1.54, 1.807) is 16.8 Å². The summed E-state index contributed by atoms with van der Waals surface area (Å²) < 4.78 is 7.41. The summed E-state index contributed by atoms with van der Waals surface area (Å²) in [5, 5.41) is 2.86. The molecule has 3 rings (SSSR count). The van der Waals surface area contributed by atoms with Gasteiger partial charge in [0.25, 0.3) is 11.5 Å². The monoisotopic (exact) mass is 326 g/mol. The summed E-state index contributed by atoms with van der Waals surface area (Å²) in [6.07, 6.45) is 2.51. The van der Waals surface area contributed by atoms with Crippen LogP contribution in [-0.2, 0) is 19.5 Å². The summed E-state index contributed by atoms with van der Waals surface area (Å²) in [4.78, 5) is 24.0. The lowest BCUT2D eigenvalue weighted by Crippen LogP contribution is -2.26. The zero-order valence-electron chi connectivity index (χ0n) is 14.3. The van der Waals surface area contributed by atoms with E-state index in [1.807, 2.05) is 19.1 Å². The molecule has 1 aromatic carbocycles. The number of aromatic nitrogens is 1. The van der Waals surface area contributed by atoms with E-state index in [-0.39, 0.29) is 17.1 Å². The van der Waals surface area contributed by atoms with Gasteiger partial charge >= 0.3 is 0 Å². The van der Waals surface area contributed by atoms with Crippen LogP contribution in [0.25, 0.3) is 0 Å². The molecule has 2 aromatic rings. The first-order valence-corrected chi connectivity index (χ1v) is 8.17. The third-order valence-electron chi connectivity index (χ3n) is 4.18. The number of carbonyl (C=O) groups excluding carboxylic acids is 1. The third-order valence-corrected chi connectivity index (χ3v) is 4.18. The average Bonchev–Trinajstić information content (AvgIpc) is 2.85. The standard InChI is InChI=1S/C19H22N2O3/c1-4-21-8-7-14(10-17(21)22)18(23)20-12-13-5-6-16-15(9-13)11-19(2,3)24-16/h5-10H,4,11-12H2,1-3H3,(H,20,23). The van der Waals surface area contributed by atoms with Crippen molar-refractivity contribution in [3.63, 3.8) is 0 Å². The van der Waals surface area contributed by atoms with Crippen LogP contribution in [-0.4, -0.2) is 16.1 Å². The maximum atomic E-state index is 12.2. The zero-order valence-corrected chi connectivity index (χ0v) is 14.3. The average molecular weight is 326 g/mol. The van der Waals surface area contributed by atoms with Crippen molar-refractivity contribution < 1.29 is 9.53 Å². The van der Waals surface area contributed by atoms with Gasteiger partial charge in [0.05, 0.1) is 0 Å². The summed E-state index contributed by atoms with van der Waals surface area (Å²) in [6, 6.07) is 9.01. The Morgan fingerprint density at radius 1 is 1.29 bits per heavy atom. The molecule has 2 heterocycles. The van der Waals surface area contributed by atoms with Gasteiger partial charge in [0.2, 0.25) is 0 Å². The number of aryl methyl sites for hydroxylation is 1. The summed E-state index contributed by atoms with van der Waals surface area (Å²) >= 11 is 0.